The average molecular weight is 999 g/mol. The maximum atomic E-state index is 9.24. The Balaban J connectivity index is 0.00000592. The maximum Gasteiger partial charge on any atom is 0.269 e. The van der Waals surface area contributed by atoms with Gasteiger partial charge in [-0.2, -0.15) is 18.2 Å². The molecule has 0 fully saturated rings. The van der Waals surface area contributed by atoms with Crippen LogP contribution in [0.15, 0.2) is 134 Å². The Kier molecular flexibility index (Phi) is 10.1. The van der Waals surface area contributed by atoms with Crippen LogP contribution in [0.3, 0.4) is 0 Å². The second kappa shape index (κ2) is 16.5. The number of hydrogen-bond donors (Lipinski definition) is 0. The Morgan fingerprint density at radius 1 is 0.629 bits per heavy atom. The maximum absolute atomic E-state index is 9.24. The first-order valence-corrected chi connectivity index (χ1v) is 20.8. The summed E-state index contributed by atoms with van der Waals surface area (Å²) >= 11 is 0. The van der Waals surface area contributed by atoms with Crippen molar-refractivity contribution in [3.05, 3.63) is 169 Å². The summed E-state index contributed by atoms with van der Waals surface area (Å²) in [6.07, 6.45) is 3.45. The van der Waals surface area contributed by atoms with Gasteiger partial charge in [0.05, 0.1) is 22.5 Å². The Bertz CT molecular complexity index is 3220. The number of pyridine rings is 2. The third-order valence-electron chi connectivity index (χ3n) is 10.5. The van der Waals surface area contributed by atoms with Crippen molar-refractivity contribution in [3.63, 3.8) is 0 Å². The summed E-state index contributed by atoms with van der Waals surface area (Å²) in [7, 11) is 0. The van der Waals surface area contributed by atoms with Crippen LogP contribution in [0.25, 0.3) is 61.3 Å². The van der Waals surface area contributed by atoms with E-state index in [1.807, 2.05) is 88.7 Å². The molecule has 0 radical (unpaired) electrons. The molecule has 0 aliphatic rings. The van der Waals surface area contributed by atoms with E-state index >= 15 is 0 Å². The van der Waals surface area contributed by atoms with Crippen LogP contribution in [0.2, 0.25) is 0 Å². The number of imidazole rings is 1. The van der Waals surface area contributed by atoms with E-state index in [9.17, 15) is 5.48 Å². The number of ether oxygens (including phenoxy) is 1. The van der Waals surface area contributed by atoms with Crippen molar-refractivity contribution in [1.29, 1.82) is 0 Å². The summed E-state index contributed by atoms with van der Waals surface area (Å²) in [6, 6.07) is 47.0. The van der Waals surface area contributed by atoms with Gasteiger partial charge in [-0.25, -0.2) is 4.98 Å². The zero-order chi connectivity index (χ0) is 46.3. The van der Waals surface area contributed by atoms with E-state index in [4.69, 9.17) is 14.7 Å². The fourth-order valence-corrected chi connectivity index (χ4v) is 7.85. The van der Waals surface area contributed by atoms with Crippen molar-refractivity contribution in [3.8, 4) is 39.9 Å². The summed E-state index contributed by atoms with van der Waals surface area (Å²) in [5.41, 5.74) is 6.57. The van der Waals surface area contributed by atoms with Crippen LogP contribution in [0.5, 0.6) is 11.5 Å². The number of fused-ring (bicyclic) bond motifs is 4. The van der Waals surface area contributed by atoms with Crippen molar-refractivity contribution in [2.45, 2.75) is 80.5 Å². The van der Waals surface area contributed by atoms with Gasteiger partial charge in [0.1, 0.15) is 5.82 Å². The van der Waals surface area contributed by atoms with Gasteiger partial charge in [0, 0.05) is 44.0 Å². The Hall–Kier alpha value is -5.84. The quantitative estimate of drug-likeness (QED) is 0.113. The molecule has 0 N–H and O–H groups in total. The van der Waals surface area contributed by atoms with Crippen LogP contribution in [0.4, 0.5) is 0 Å². The normalized spacial score (nSPS) is 13.7. The Morgan fingerprint density at radius 2 is 1.31 bits per heavy atom. The molecule has 0 saturated heterocycles. The van der Waals surface area contributed by atoms with Crippen LogP contribution in [-0.4, -0.2) is 19.1 Å². The number of para-hydroxylation sites is 2. The van der Waals surface area contributed by atoms with Crippen LogP contribution >= 0.6 is 0 Å². The largest absolute Gasteiger partial charge is 0.522 e. The molecule has 0 bridgehead atoms. The summed E-state index contributed by atoms with van der Waals surface area (Å²) < 4.78 is 49.3. The van der Waals surface area contributed by atoms with E-state index < -0.39 is 23.6 Å². The standard InChI is InChI=1S/C55H53N5O.Pt/c1-53(2,3)34-37-27-38(35-54(4,5)6)29-42(28-37)58-36-59(49-18-14-13-17-48(49)58)51-33-44(24-26-56-51)61-43-20-21-45-46-30-40(39-15-11-10-12-16-39)19-22-47(46)60(50(45)32-43)52-31-41(23-25-57-52)55(7,8)9;/h10-31H,34-35H2,1-9H3;/q-2;/i34D2,35D2;. The molecule has 9 rings (SSSR count). The average Bonchev–Trinajstić information content (AvgIpc) is 3.81. The third-order valence-corrected chi connectivity index (χ3v) is 10.5. The molecule has 62 heavy (non-hydrogen) atoms. The third kappa shape index (κ3) is 8.90. The van der Waals surface area contributed by atoms with Crippen LogP contribution in [0.1, 0.15) is 84.5 Å². The van der Waals surface area contributed by atoms with Crippen molar-refractivity contribution in [2.75, 3.05) is 0 Å². The van der Waals surface area contributed by atoms with Gasteiger partial charge in [0.2, 0.25) is 0 Å². The molecule has 0 aliphatic carbocycles. The van der Waals surface area contributed by atoms with Crippen molar-refractivity contribution >= 4 is 32.8 Å². The van der Waals surface area contributed by atoms with E-state index in [1.165, 1.54) is 5.56 Å². The molecule has 7 heteroatoms. The van der Waals surface area contributed by atoms with E-state index in [2.05, 4.69) is 104 Å². The van der Waals surface area contributed by atoms with Gasteiger partial charge in [-0.15, -0.1) is 17.5 Å². The second-order valence-corrected chi connectivity index (χ2v) is 18.8. The molecule has 4 aromatic heterocycles. The Labute approximate surface area is 386 Å². The monoisotopic (exact) mass is 998 g/mol. The molecule has 0 aliphatic heterocycles. The molecule has 6 nitrogen and oxygen atoms in total. The fraction of sp³-hybridized carbons (Fsp3) is 0.255. The van der Waals surface area contributed by atoms with E-state index in [1.54, 1.807) is 35.0 Å². The second-order valence-electron chi connectivity index (χ2n) is 18.8. The summed E-state index contributed by atoms with van der Waals surface area (Å²) in [4.78, 5) is 9.60. The summed E-state index contributed by atoms with van der Waals surface area (Å²) in [5, 5.41) is 2.10. The van der Waals surface area contributed by atoms with Crippen LogP contribution < -0.4 is 9.30 Å². The fourth-order valence-electron chi connectivity index (χ4n) is 7.85. The molecule has 0 saturated carbocycles. The van der Waals surface area contributed by atoms with Crippen molar-refractivity contribution in [2.24, 2.45) is 10.8 Å². The molecule has 0 spiro atoms. The predicted molar refractivity (Wildman–Crippen MR) is 248 cm³/mol. The SMILES string of the molecule is [2H]C([2H])(c1cc(-[n+]2[c-]n(-c3[c-]c(Oc4[c-]c5c(cc4)c4cc(-c6ccccc6)ccc4n5-c4cc(C(C)(C)C)ccn4)ccn3)c3ccccc32)cc(C([2H])([2H])C(C)(C)C)c1)C(C)(C)C.[Pt]. The van der Waals surface area contributed by atoms with E-state index in [0.29, 0.717) is 34.1 Å². The zero-order valence-electron chi connectivity index (χ0n) is 40.7. The first-order chi connectivity index (χ1) is 30.6. The van der Waals surface area contributed by atoms with Gasteiger partial charge in [-0.05, 0) is 87.1 Å². The van der Waals surface area contributed by atoms with Crippen molar-refractivity contribution < 1.29 is 35.9 Å². The molecule has 0 atom stereocenters. The first kappa shape index (κ1) is 37.9. The van der Waals surface area contributed by atoms with Gasteiger partial charge in [0.15, 0.2) is 0 Å². The van der Waals surface area contributed by atoms with Gasteiger partial charge in [-0.3, -0.25) is 14.1 Å². The van der Waals surface area contributed by atoms with Gasteiger partial charge < -0.3 is 9.30 Å². The molecular weight excluding hydrogens is 942 g/mol. The van der Waals surface area contributed by atoms with E-state index in [-0.39, 0.29) is 26.5 Å². The molecule has 0 amide bonds. The van der Waals surface area contributed by atoms with Crippen LogP contribution in [-0.2, 0) is 39.2 Å². The number of rotatable bonds is 8. The topological polar surface area (TPSA) is 48.8 Å². The summed E-state index contributed by atoms with van der Waals surface area (Å²) in [5.74, 6) is 2.13. The van der Waals surface area contributed by atoms with Gasteiger partial charge >= 0.3 is 0 Å². The molecule has 5 aromatic carbocycles. The van der Waals surface area contributed by atoms with Gasteiger partial charge in [0.25, 0.3) is 6.33 Å². The minimum absolute atomic E-state index is 0. The number of aromatic nitrogens is 5. The molecular formula is C55H53N5OPt-2. The predicted octanol–water partition coefficient (Wildman–Crippen LogP) is 13.1. The molecule has 4 heterocycles. The minimum atomic E-state index is -1.78. The molecule has 9 aromatic rings. The van der Waals surface area contributed by atoms with Gasteiger partial charge in [-0.1, -0.05) is 158 Å². The first-order valence-electron chi connectivity index (χ1n) is 22.8. The molecule has 316 valence electrons. The summed E-state index contributed by atoms with van der Waals surface area (Å²) in [6.45, 7) is 17.8. The number of nitrogens with zero attached hydrogens (tertiary/aromatic N) is 5. The van der Waals surface area contributed by atoms with E-state index in [0.717, 1.165) is 49.8 Å². The van der Waals surface area contributed by atoms with Crippen molar-refractivity contribution in [1.82, 2.24) is 19.1 Å². The Morgan fingerprint density at radius 3 is 2.02 bits per heavy atom. The number of hydrogen-bond acceptors (Lipinski definition) is 3. The number of benzene rings is 5. The zero-order valence-corrected chi connectivity index (χ0v) is 38.9. The molecule has 0 unspecified atom stereocenters. The minimum Gasteiger partial charge on any atom is -0.522 e. The van der Waals surface area contributed by atoms with Crippen LogP contribution in [0, 0.1) is 29.3 Å². The smallest absolute Gasteiger partial charge is 0.269 e.